The fourth-order valence-electron chi connectivity index (χ4n) is 1.33. The smallest absolute Gasteiger partial charge is 0.322 e. The van der Waals surface area contributed by atoms with Crippen molar-refractivity contribution in [2.75, 3.05) is 20.8 Å². The second-order valence-corrected chi connectivity index (χ2v) is 3.31. The summed E-state index contributed by atoms with van der Waals surface area (Å²) < 4.78 is 10.1. The lowest BCUT2D eigenvalue weighted by molar-refractivity contribution is -0.143. The van der Waals surface area contributed by atoms with Crippen molar-refractivity contribution in [3.05, 3.63) is 30.3 Å². The first kappa shape index (κ1) is 12.5. The number of hydrogen-bond donors (Lipinski definition) is 1. The van der Waals surface area contributed by atoms with Crippen molar-refractivity contribution < 1.29 is 14.3 Å². The fraction of sp³-hybridized carbons (Fsp3) is 0.417. The molecule has 0 saturated heterocycles. The molecule has 1 unspecified atom stereocenters. The summed E-state index contributed by atoms with van der Waals surface area (Å²) >= 11 is 0. The first-order valence-corrected chi connectivity index (χ1v) is 5.21. The number of benzene rings is 1. The van der Waals surface area contributed by atoms with E-state index in [1.54, 1.807) is 7.05 Å². The summed E-state index contributed by atoms with van der Waals surface area (Å²) in [6.07, 6.45) is 0.581. The van der Waals surface area contributed by atoms with E-state index < -0.39 is 0 Å². The van der Waals surface area contributed by atoms with E-state index in [1.807, 2.05) is 30.3 Å². The number of nitrogens with one attached hydrogen (secondary N) is 1. The van der Waals surface area contributed by atoms with Gasteiger partial charge in [-0.2, -0.15) is 0 Å². The molecule has 0 saturated carbocycles. The summed E-state index contributed by atoms with van der Waals surface area (Å²) in [6, 6.07) is 9.20. The van der Waals surface area contributed by atoms with E-state index in [2.05, 4.69) is 10.1 Å². The van der Waals surface area contributed by atoms with Crippen LogP contribution in [-0.2, 0) is 9.53 Å². The molecule has 4 heteroatoms. The Kier molecular flexibility index (Phi) is 5.36. The molecule has 4 nitrogen and oxygen atoms in total. The number of carbonyl (C=O) groups excluding carboxylic acids is 1. The highest BCUT2D eigenvalue weighted by molar-refractivity contribution is 5.75. The molecule has 1 aromatic carbocycles. The van der Waals surface area contributed by atoms with Crippen molar-refractivity contribution >= 4 is 5.97 Å². The van der Waals surface area contributed by atoms with Crippen molar-refractivity contribution in [3.8, 4) is 5.75 Å². The topological polar surface area (TPSA) is 47.6 Å². The van der Waals surface area contributed by atoms with Crippen LogP contribution in [0.3, 0.4) is 0 Å². The van der Waals surface area contributed by atoms with E-state index in [1.165, 1.54) is 7.11 Å². The van der Waals surface area contributed by atoms with E-state index in [0.29, 0.717) is 13.0 Å². The number of ether oxygens (including phenoxy) is 2. The summed E-state index contributed by atoms with van der Waals surface area (Å²) in [4.78, 5) is 11.2. The number of carbonyl (C=O) groups is 1. The minimum Gasteiger partial charge on any atom is -0.494 e. The van der Waals surface area contributed by atoms with Gasteiger partial charge in [-0.15, -0.1) is 0 Å². The first-order chi connectivity index (χ1) is 7.77. The summed E-state index contributed by atoms with van der Waals surface area (Å²) in [5.41, 5.74) is 0. The summed E-state index contributed by atoms with van der Waals surface area (Å²) in [6.45, 7) is 0.477. The molecular formula is C12H17NO3. The zero-order valence-electron chi connectivity index (χ0n) is 9.60. The molecule has 0 spiro atoms. The second kappa shape index (κ2) is 6.85. The SMILES string of the molecule is CNC(CCOc1ccccc1)C(=O)OC. The van der Waals surface area contributed by atoms with Crippen LogP contribution in [0.1, 0.15) is 6.42 Å². The Morgan fingerprint density at radius 1 is 1.38 bits per heavy atom. The molecule has 1 atom stereocenters. The molecule has 0 aliphatic rings. The van der Waals surface area contributed by atoms with Crippen LogP contribution in [0.2, 0.25) is 0 Å². The lowest BCUT2D eigenvalue weighted by Crippen LogP contribution is -2.36. The molecule has 0 aliphatic heterocycles. The molecular weight excluding hydrogens is 206 g/mol. The molecule has 0 aliphatic carbocycles. The molecule has 0 aromatic heterocycles. The van der Waals surface area contributed by atoms with Crippen LogP contribution in [0.25, 0.3) is 0 Å². The number of hydrogen-bond acceptors (Lipinski definition) is 4. The van der Waals surface area contributed by atoms with E-state index in [0.717, 1.165) is 5.75 Å². The maximum Gasteiger partial charge on any atom is 0.322 e. The quantitative estimate of drug-likeness (QED) is 0.736. The van der Waals surface area contributed by atoms with Crippen molar-refractivity contribution in [2.24, 2.45) is 0 Å². The Morgan fingerprint density at radius 2 is 2.06 bits per heavy atom. The second-order valence-electron chi connectivity index (χ2n) is 3.31. The molecule has 1 rings (SSSR count). The highest BCUT2D eigenvalue weighted by Crippen LogP contribution is 2.09. The van der Waals surface area contributed by atoms with Crippen molar-refractivity contribution in [2.45, 2.75) is 12.5 Å². The zero-order valence-corrected chi connectivity index (χ0v) is 9.60. The summed E-state index contributed by atoms with van der Waals surface area (Å²) in [7, 11) is 3.11. The fourth-order valence-corrected chi connectivity index (χ4v) is 1.33. The van der Waals surface area contributed by atoms with Gasteiger partial charge in [-0.25, -0.2) is 0 Å². The van der Waals surface area contributed by atoms with Gasteiger partial charge >= 0.3 is 5.97 Å². The van der Waals surface area contributed by atoms with Crippen molar-refractivity contribution in [3.63, 3.8) is 0 Å². The van der Waals surface area contributed by atoms with Crippen LogP contribution in [0.5, 0.6) is 5.75 Å². The number of methoxy groups -OCH3 is 1. The molecule has 1 aromatic rings. The number of para-hydroxylation sites is 1. The van der Waals surface area contributed by atoms with Gasteiger partial charge in [0.05, 0.1) is 13.7 Å². The summed E-state index contributed by atoms with van der Waals surface area (Å²) in [5.74, 6) is 0.543. The molecule has 16 heavy (non-hydrogen) atoms. The Labute approximate surface area is 95.6 Å². The molecule has 0 amide bonds. The third-order valence-corrected chi connectivity index (χ3v) is 2.25. The average molecular weight is 223 g/mol. The molecule has 0 fully saturated rings. The van der Waals surface area contributed by atoms with Crippen molar-refractivity contribution in [1.82, 2.24) is 5.32 Å². The maximum atomic E-state index is 11.2. The van der Waals surface area contributed by atoms with Gasteiger partial charge in [-0.1, -0.05) is 18.2 Å². The van der Waals surface area contributed by atoms with Gasteiger partial charge in [0.15, 0.2) is 0 Å². The standard InChI is InChI=1S/C12H17NO3/c1-13-11(12(14)15-2)8-9-16-10-6-4-3-5-7-10/h3-7,11,13H,8-9H2,1-2H3. The molecule has 0 bridgehead atoms. The average Bonchev–Trinajstić information content (AvgIpc) is 2.35. The Bertz CT molecular complexity index is 313. The van der Waals surface area contributed by atoms with Crippen LogP contribution in [0, 0.1) is 0 Å². The Hall–Kier alpha value is -1.55. The maximum absolute atomic E-state index is 11.2. The highest BCUT2D eigenvalue weighted by atomic mass is 16.5. The number of rotatable bonds is 6. The number of esters is 1. The normalized spacial score (nSPS) is 11.9. The molecule has 1 N–H and O–H groups in total. The van der Waals surface area contributed by atoms with Crippen LogP contribution in [-0.4, -0.2) is 32.8 Å². The first-order valence-electron chi connectivity index (χ1n) is 5.21. The van der Waals surface area contributed by atoms with E-state index in [4.69, 9.17) is 4.74 Å². The van der Waals surface area contributed by atoms with E-state index in [-0.39, 0.29) is 12.0 Å². The van der Waals surface area contributed by atoms with Crippen LogP contribution >= 0.6 is 0 Å². The van der Waals surface area contributed by atoms with Crippen LogP contribution in [0.4, 0.5) is 0 Å². The molecule has 0 heterocycles. The van der Waals surface area contributed by atoms with Gasteiger partial charge in [-0.3, -0.25) is 4.79 Å². The van der Waals surface area contributed by atoms with Crippen LogP contribution < -0.4 is 10.1 Å². The lowest BCUT2D eigenvalue weighted by atomic mass is 10.2. The van der Waals surface area contributed by atoms with Gasteiger partial charge in [0.2, 0.25) is 0 Å². The molecule has 88 valence electrons. The van der Waals surface area contributed by atoms with Gasteiger partial charge in [-0.05, 0) is 19.2 Å². The minimum atomic E-state index is -0.311. The predicted molar refractivity (Wildman–Crippen MR) is 61.4 cm³/mol. The van der Waals surface area contributed by atoms with E-state index >= 15 is 0 Å². The summed E-state index contributed by atoms with van der Waals surface area (Å²) in [5, 5.41) is 2.88. The van der Waals surface area contributed by atoms with Gasteiger partial charge in [0.1, 0.15) is 11.8 Å². The number of likely N-dealkylation sites (N-methyl/N-ethyl adjacent to an activating group) is 1. The van der Waals surface area contributed by atoms with Gasteiger partial charge < -0.3 is 14.8 Å². The predicted octanol–water partition coefficient (Wildman–Crippen LogP) is 1.22. The minimum absolute atomic E-state index is 0.265. The largest absolute Gasteiger partial charge is 0.494 e. The van der Waals surface area contributed by atoms with Gasteiger partial charge in [0.25, 0.3) is 0 Å². The molecule has 0 radical (unpaired) electrons. The zero-order chi connectivity index (χ0) is 11.8. The third kappa shape index (κ3) is 3.90. The highest BCUT2D eigenvalue weighted by Gasteiger charge is 2.16. The van der Waals surface area contributed by atoms with E-state index in [9.17, 15) is 4.79 Å². The van der Waals surface area contributed by atoms with Gasteiger partial charge in [0, 0.05) is 6.42 Å². The monoisotopic (exact) mass is 223 g/mol. The Balaban J connectivity index is 2.31. The van der Waals surface area contributed by atoms with Crippen LogP contribution in [0.15, 0.2) is 30.3 Å². The lowest BCUT2D eigenvalue weighted by Gasteiger charge is -2.13. The van der Waals surface area contributed by atoms with Crippen molar-refractivity contribution in [1.29, 1.82) is 0 Å². The Morgan fingerprint density at radius 3 is 2.62 bits per heavy atom. The third-order valence-electron chi connectivity index (χ3n) is 2.25.